The van der Waals surface area contributed by atoms with Gasteiger partial charge in [0.05, 0.1) is 5.60 Å². The third-order valence-electron chi connectivity index (χ3n) is 3.87. The molecule has 0 saturated carbocycles. The molecule has 7 heteroatoms. The van der Waals surface area contributed by atoms with E-state index in [4.69, 9.17) is 16.7 Å². The Labute approximate surface area is 125 Å². The number of hydrogen-bond acceptors (Lipinski definition) is 3. The zero-order valence-electron chi connectivity index (χ0n) is 11.3. The molecule has 118 valence electrons. The second-order valence-corrected chi connectivity index (χ2v) is 5.83. The van der Waals surface area contributed by atoms with E-state index in [1.807, 2.05) is 0 Å². The first-order valence-electron chi connectivity index (χ1n) is 6.66. The number of aliphatic hydroxyl groups is 2. The number of nitrogens with zero attached hydrogens (tertiary/aromatic N) is 1. The highest BCUT2D eigenvalue weighted by molar-refractivity contribution is 6.30. The van der Waals surface area contributed by atoms with E-state index in [0.29, 0.717) is 36.5 Å². The minimum absolute atomic E-state index is 0.298. The number of rotatable bonds is 3. The Bertz CT molecular complexity index is 470. The third-order valence-corrected chi connectivity index (χ3v) is 4.13. The molecule has 2 rings (SSSR count). The van der Waals surface area contributed by atoms with Crippen LogP contribution in [-0.2, 0) is 5.60 Å². The molecule has 3 nitrogen and oxygen atoms in total. The SMILES string of the molecule is O[C@@H](CN1CCC(O)(c2ccc(Cl)cc2)CC1)C(F)(F)F. The maximum absolute atomic E-state index is 12.3. The molecule has 0 bridgehead atoms. The van der Waals surface area contributed by atoms with Crippen molar-refractivity contribution in [1.82, 2.24) is 4.90 Å². The summed E-state index contributed by atoms with van der Waals surface area (Å²) in [6.07, 6.45) is -6.32. The van der Waals surface area contributed by atoms with Gasteiger partial charge in [0.15, 0.2) is 6.10 Å². The van der Waals surface area contributed by atoms with E-state index < -0.39 is 24.4 Å². The maximum atomic E-state index is 12.3. The predicted molar refractivity (Wildman–Crippen MR) is 73.1 cm³/mol. The van der Waals surface area contributed by atoms with E-state index in [0.717, 1.165) is 0 Å². The van der Waals surface area contributed by atoms with Gasteiger partial charge in [-0.25, -0.2) is 0 Å². The fourth-order valence-electron chi connectivity index (χ4n) is 2.50. The first kappa shape index (κ1) is 16.5. The Hall–Kier alpha value is -0.820. The van der Waals surface area contributed by atoms with Crippen molar-refractivity contribution >= 4 is 11.6 Å². The van der Waals surface area contributed by atoms with E-state index in [1.54, 1.807) is 24.3 Å². The summed E-state index contributed by atoms with van der Waals surface area (Å²) in [5, 5.41) is 20.2. The van der Waals surface area contributed by atoms with Gasteiger partial charge in [-0.3, -0.25) is 0 Å². The molecule has 1 aromatic rings. The summed E-state index contributed by atoms with van der Waals surface area (Å²) in [6, 6.07) is 6.80. The lowest BCUT2D eigenvalue weighted by Crippen LogP contribution is -2.47. The molecule has 1 heterocycles. The van der Waals surface area contributed by atoms with Crippen LogP contribution in [0.25, 0.3) is 0 Å². The van der Waals surface area contributed by atoms with Crippen LogP contribution in [0.5, 0.6) is 0 Å². The molecule has 1 aliphatic rings. The smallest absolute Gasteiger partial charge is 0.385 e. The summed E-state index contributed by atoms with van der Waals surface area (Å²) >= 11 is 5.79. The highest BCUT2D eigenvalue weighted by Gasteiger charge is 2.41. The number of piperidine rings is 1. The van der Waals surface area contributed by atoms with E-state index in [2.05, 4.69) is 0 Å². The van der Waals surface area contributed by atoms with Crippen LogP contribution in [0.15, 0.2) is 24.3 Å². The lowest BCUT2D eigenvalue weighted by molar-refractivity contribution is -0.209. The summed E-state index contributed by atoms with van der Waals surface area (Å²) in [6.45, 7) is 0.138. The van der Waals surface area contributed by atoms with Crippen LogP contribution in [0.4, 0.5) is 13.2 Å². The molecule has 0 spiro atoms. The zero-order chi connectivity index (χ0) is 15.7. The number of alkyl halides is 3. The Balaban J connectivity index is 1.95. The minimum atomic E-state index is -4.61. The van der Waals surface area contributed by atoms with Crippen LogP contribution in [0.1, 0.15) is 18.4 Å². The van der Waals surface area contributed by atoms with Gasteiger partial charge in [0.2, 0.25) is 0 Å². The molecule has 2 N–H and O–H groups in total. The van der Waals surface area contributed by atoms with E-state index in [1.165, 1.54) is 4.90 Å². The van der Waals surface area contributed by atoms with Crippen molar-refractivity contribution in [3.05, 3.63) is 34.9 Å². The molecular weight excluding hydrogens is 307 g/mol. The van der Waals surface area contributed by atoms with E-state index in [9.17, 15) is 18.3 Å². The Morgan fingerprint density at radius 2 is 1.71 bits per heavy atom. The predicted octanol–water partition coefficient (Wildman–Crippen LogP) is 2.55. The second kappa shape index (κ2) is 6.12. The van der Waals surface area contributed by atoms with Gasteiger partial charge in [0, 0.05) is 24.7 Å². The normalized spacial score (nSPS) is 21.2. The monoisotopic (exact) mass is 323 g/mol. The standard InChI is InChI=1S/C14H17ClF3NO2/c15-11-3-1-10(2-4-11)13(21)5-7-19(8-6-13)9-12(20)14(16,17)18/h1-4,12,20-21H,5-9H2/t12-/m0/s1. The molecule has 1 aromatic carbocycles. The van der Waals surface area contributed by atoms with Crippen LogP contribution in [0.3, 0.4) is 0 Å². The van der Waals surface area contributed by atoms with Crippen molar-refractivity contribution in [1.29, 1.82) is 0 Å². The molecule has 0 aromatic heterocycles. The molecule has 1 fully saturated rings. The topological polar surface area (TPSA) is 43.7 Å². The van der Waals surface area contributed by atoms with Crippen LogP contribution < -0.4 is 0 Å². The van der Waals surface area contributed by atoms with Crippen molar-refractivity contribution in [3.63, 3.8) is 0 Å². The van der Waals surface area contributed by atoms with E-state index in [-0.39, 0.29) is 0 Å². The minimum Gasteiger partial charge on any atom is -0.385 e. The number of hydrogen-bond donors (Lipinski definition) is 2. The lowest BCUT2D eigenvalue weighted by atomic mass is 9.84. The fourth-order valence-corrected chi connectivity index (χ4v) is 2.63. The third kappa shape index (κ3) is 4.10. The number of halogens is 4. The number of benzene rings is 1. The van der Waals surface area contributed by atoms with Crippen molar-refractivity contribution in [2.45, 2.75) is 30.7 Å². The Morgan fingerprint density at radius 1 is 1.19 bits per heavy atom. The molecular formula is C14H17ClF3NO2. The highest BCUT2D eigenvalue weighted by Crippen LogP contribution is 2.34. The van der Waals surface area contributed by atoms with Gasteiger partial charge in [-0.1, -0.05) is 23.7 Å². The molecule has 0 amide bonds. The molecule has 0 radical (unpaired) electrons. The summed E-state index contributed by atoms with van der Waals surface area (Å²) in [5.74, 6) is 0. The highest BCUT2D eigenvalue weighted by atomic mass is 35.5. The van der Waals surface area contributed by atoms with Gasteiger partial charge in [-0.15, -0.1) is 0 Å². The molecule has 0 unspecified atom stereocenters. The zero-order valence-corrected chi connectivity index (χ0v) is 12.0. The van der Waals surface area contributed by atoms with Crippen molar-refractivity contribution < 1.29 is 23.4 Å². The van der Waals surface area contributed by atoms with Crippen LogP contribution in [0, 0.1) is 0 Å². The Morgan fingerprint density at radius 3 is 2.19 bits per heavy atom. The fraction of sp³-hybridized carbons (Fsp3) is 0.571. The summed E-state index contributed by atoms with van der Waals surface area (Å²) < 4.78 is 37.0. The van der Waals surface area contributed by atoms with Gasteiger partial charge in [0.25, 0.3) is 0 Å². The molecule has 1 aliphatic heterocycles. The largest absolute Gasteiger partial charge is 0.415 e. The van der Waals surface area contributed by atoms with Crippen molar-refractivity contribution in [3.8, 4) is 0 Å². The van der Waals surface area contributed by atoms with Crippen molar-refractivity contribution in [2.75, 3.05) is 19.6 Å². The van der Waals surface area contributed by atoms with Gasteiger partial charge in [-0.05, 0) is 30.5 Å². The van der Waals surface area contributed by atoms with Gasteiger partial charge < -0.3 is 15.1 Å². The number of likely N-dealkylation sites (tertiary alicyclic amines) is 1. The summed E-state index contributed by atoms with van der Waals surface area (Å²) in [7, 11) is 0. The first-order chi connectivity index (χ1) is 9.71. The Kier molecular flexibility index (Phi) is 4.82. The molecule has 1 saturated heterocycles. The summed E-state index contributed by atoms with van der Waals surface area (Å²) in [5.41, 5.74) is -0.340. The molecule has 1 atom stereocenters. The average molecular weight is 324 g/mol. The van der Waals surface area contributed by atoms with Crippen LogP contribution >= 0.6 is 11.6 Å². The van der Waals surface area contributed by atoms with Crippen LogP contribution in [-0.4, -0.2) is 47.0 Å². The second-order valence-electron chi connectivity index (χ2n) is 5.40. The van der Waals surface area contributed by atoms with Gasteiger partial charge in [0.1, 0.15) is 0 Å². The van der Waals surface area contributed by atoms with E-state index >= 15 is 0 Å². The van der Waals surface area contributed by atoms with Crippen LogP contribution in [0.2, 0.25) is 5.02 Å². The maximum Gasteiger partial charge on any atom is 0.415 e. The summed E-state index contributed by atoms with van der Waals surface area (Å²) in [4.78, 5) is 1.52. The number of aliphatic hydroxyl groups excluding tert-OH is 1. The quantitative estimate of drug-likeness (QED) is 0.898. The lowest BCUT2D eigenvalue weighted by Gasteiger charge is -2.39. The van der Waals surface area contributed by atoms with Crippen molar-refractivity contribution in [2.24, 2.45) is 0 Å². The molecule has 0 aliphatic carbocycles. The average Bonchev–Trinajstić information content (AvgIpc) is 2.41. The molecule has 21 heavy (non-hydrogen) atoms. The van der Waals surface area contributed by atoms with Gasteiger partial charge >= 0.3 is 6.18 Å². The van der Waals surface area contributed by atoms with Gasteiger partial charge in [-0.2, -0.15) is 13.2 Å². The first-order valence-corrected chi connectivity index (χ1v) is 7.04. The number of β-amino-alcohol motifs (C(OH)–C–C–N with tert-alkyl or cyclic N) is 1.